The summed E-state index contributed by atoms with van der Waals surface area (Å²) in [6.07, 6.45) is 3.23. The van der Waals surface area contributed by atoms with Crippen LogP contribution in [0.15, 0.2) is 53.8 Å². The molecule has 0 amide bonds. The van der Waals surface area contributed by atoms with Crippen molar-refractivity contribution in [3.63, 3.8) is 0 Å². The fraction of sp³-hybridized carbons (Fsp3) is 0. The summed E-state index contributed by atoms with van der Waals surface area (Å²) < 4.78 is 15.1. The number of halogens is 1. The van der Waals surface area contributed by atoms with Crippen LogP contribution < -0.4 is 0 Å². The standard InChI is InChI=1S/C14H10FN5S/c15-11-5-3-4-10(8-11)13-18-19-14(21)20(13)17-9-12-6-1-2-7-16-12/h1-9H,(H,19,21)/b17-9-. The lowest BCUT2D eigenvalue weighted by molar-refractivity contribution is 0.628. The van der Waals surface area contributed by atoms with Gasteiger partial charge in [0.2, 0.25) is 4.77 Å². The summed E-state index contributed by atoms with van der Waals surface area (Å²) in [5, 5.41) is 11.0. The van der Waals surface area contributed by atoms with Crippen LogP contribution in [0.4, 0.5) is 4.39 Å². The number of aromatic amines is 1. The van der Waals surface area contributed by atoms with Gasteiger partial charge in [0.25, 0.3) is 0 Å². The van der Waals surface area contributed by atoms with E-state index in [1.807, 2.05) is 18.2 Å². The highest BCUT2D eigenvalue weighted by Crippen LogP contribution is 2.18. The molecule has 0 saturated carbocycles. The molecule has 0 bridgehead atoms. The normalized spacial score (nSPS) is 11.1. The van der Waals surface area contributed by atoms with E-state index >= 15 is 0 Å². The van der Waals surface area contributed by atoms with E-state index in [1.165, 1.54) is 16.8 Å². The third-order valence-electron chi connectivity index (χ3n) is 2.73. The minimum absolute atomic E-state index is 0.321. The van der Waals surface area contributed by atoms with E-state index in [0.29, 0.717) is 21.9 Å². The van der Waals surface area contributed by atoms with Crippen LogP contribution in [0.3, 0.4) is 0 Å². The van der Waals surface area contributed by atoms with Crippen LogP contribution in [0.25, 0.3) is 11.4 Å². The molecular formula is C14H10FN5S. The lowest BCUT2D eigenvalue weighted by Gasteiger charge is -2.00. The fourth-order valence-electron chi connectivity index (χ4n) is 1.78. The molecule has 0 atom stereocenters. The van der Waals surface area contributed by atoms with Crippen molar-refractivity contribution in [1.82, 2.24) is 19.9 Å². The van der Waals surface area contributed by atoms with Gasteiger partial charge >= 0.3 is 0 Å². The first-order chi connectivity index (χ1) is 10.2. The van der Waals surface area contributed by atoms with E-state index in [4.69, 9.17) is 12.2 Å². The van der Waals surface area contributed by atoms with Gasteiger partial charge in [0.15, 0.2) is 5.82 Å². The highest BCUT2D eigenvalue weighted by molar-refractivity contribution is 7.71. The van der Waals surface area contributed by atoms with Crippen molar-refractivity contribution in [2.75, 3.05) is 0 Å². The van der Waals surface area contributed by atoms with Crippen molar-refractivity contribution in [3.05, 3.63) is 64.9 Å². The van der Waals surface area contributed by atoms with Gasteiger partial charge in [0, 0.05) is 11.8 Å². The van der Waals surface area contributed by atoms with Crippen LogP contribution in [0.2, 0.25) is 0 Å². The number of aromatic nitrogens is 4. The number of benzene rings is 1. The number of nitrogens with one attached hydrogen (secondary N) is 1. The summed E-state index contributed by atoms with van der Waals surface area (Å²) >= 11 is 5.14. The summed E-state index contributed by atoms with van der Waals surface area (Å²) in [5.74, 6) is 0.0911. The first-order valence-electron chi connectivity index (χ1n) is 6.13. The van der Waals surface area contributed by atoms with Gasteiger partial charge in [-0.3, -0.25) is 4.98 Å². The van der Waals surface area contributed by atoms with Crippen LogP contribution >= 0.6 is 12.2 Å². The van der Waals surface area contributed by atoms with Crippen molar-refractivity contribution in [2.24, 2.45) is 5.10 Å². The Morgan fingerprint density at radius 2 is 2.14 bits per heavy atom. The molecule has 0 radical (unpaired) electrons. The van der Waals surface area contributed by atoms with Crippen LogP contribution in [0, 0.1) is 10.6 Å². The van der Waals surface area contributed by atoms with E-state index in [1.54, 1.807) is 24.5 Å². The van der Waals surface area contributed by atoms with Gasteiger partial charge in [0.05, 0.1) is 11.9 Å². The predicted octanol–water partition coefficient (Wildman–Crippen LogP) is 3.02. The van der Waals surface area contributed by atoms with Crippen LogP contribution in [-0.4, -0.2) is 26.1 Å². The second kappa shape index (κ2) is 5.76. The van der Waals surface area contributed by atoms with Gasteiger partial charge in [-0.2, -0.15) is 14.9 Å². The second-order valence-corrected chi connectivity index (χ2v) is 4.56. The molecule has 0 fully saturated rings. The third-order valence-corrected chi connectivity index (χ3v) is 2.99. The van der Waals surface area contributed by atoms with Gasteiger partial charge in [0.1, 0.15) is 5.82 Å². The average Bonchev–Trinajstić information content (AvgIpc) is 2.87. The Hall–Kier alpha value is -2.67. The van der Waals surface area contributed by atoms with Gasteiger partial charge in [-0.1, -0.05) is 18.2 Å². The number of hydrogen-bond acceptors (Lipinski definition) is 4. The minimum Gasteiger partial charge on any atom is -0.255 e. The Bertz CT molecular complexity index is 838. The van der Waals surface area contributed by atoms with E-state index in [-0.39, 0.29) is 5.82 Å². The molecule has 5 nitrogen and oxygen atoms in total. The fourth-order valence-corrected chi connectivity index (χ4v) is 1.96. The Morgan fingerprint density at radius 3 is 2.90 bits per heavy atom. The molecule has 0 spiro atoms. The van der Waals surface area contributed by atoms with E-state index in [0.717, 1.165) is 0 Å². The number of rotatable bonds is 3. The molecule has 0 aliphatic heterocycles. The summed E-state index contributed by atoms with van der Waals surface area (Å²) in [6, 6.07) is 11.6. The van der Waals surface area contributed by atoms with E-state index < -0.39 is 0 Å². The average molecular weight is 299 g/mol. The monoisotopic (exact) mass is 299 g/mol. The quantitative estimate of drug-likeness (QED) is 0.597. The number of pyridine rings is 1. The number of H-pyrrole nitrogens is 1. The van der Waals surface area contributed by atoms with Crippen LogP contribution in [0.1, 0.15) is 5.69 Å². The van der Waals surface area contributed by atoms with E-state index in [2.05, 4.69) is 20.3 Å². The molecule has 7 heteroatoms. The summed E-state index contributed by atoms with van der Waals surface area (Å²) in [5.41, 5.74) is 1.27. The number of nitrogens with zero attached hydrogens (tertiary/aromatic N) is 4. The largest absolute Gasteiger partial charge is 0.255 e. The van der Waals surface area contributed by atoms with Crippen molar-refractivity contribution < 1.29 is 4.39 Å². The van der Waals surface area contributed by atoms with Gasteiger partial charge in [-0.25, -0.2) is 9.49 Å². The zero-order valence-electron chi connectivity index (χ0n) is 10.8. The van der Waals surface area contributed by atoms with Crippen molar-refractivity contribution in [3.8, 4) is 11.4 Å². The van der Waals surface area contributed by atoms with Gasteiger partial charge in [-0.15, -0.1) is 0 Å². The lowest BCUT2D eigenvalue weighted by atomic mass is 10.2. The molecule has 1 aromatic carbocycles. The Balaban J connectivity index is 2.02. The molecule has 21 heavy (non-hydrogen) atoms. The maximum absolute atomic E-state index is 13.3. The maximum atomic E-state index is 13.3. The molecule has 104 valence electrons. The summed E-state index contributed by atoms with van der Waals surface area (Å²) in [4.78, 5) is 4.14. The molecule has 2 heterocycles. The molecular weight excluding hydrogens is 289 g/mol. The summed E-state index contributed by atoms with van der Waals surface area (Å²) in [6.45, 7) is 0. The molecule has 1 N–H and O–H groups in total. The second-order valence-electron chi connectivity index (χ2n) is 4.17. The minimum atomic E-state index is -0.346. The summed E-state index contributed by atoms with van der Waals surface area (Å²) in [7, 11) is 0. The Kier molecular flexibility index (Phi) is 3.65. The van der Waals surface area contributed by atoms with Crippen molar-refractivity contribution >= 4 is 18.4 Å². The third kappa shape index (κ3) is 2.92. The predicted molar refractivity (Wildman–Crippen MR) is 80.0 cm³/mol. The maximum Gasteiger partial charge on any atom is 0.216 e. The zero-order chi connectivity index (χ0) is 14.7. The smallest absolute Gasteiger partial charge is 0.216 e. The van der Waals surface area contributed by atoms with Crippen molar-refractivity contribution in [1.29, 1.82) is 0 Å². The zero-order valence-corrected chi connectivity index (χ0v) is 11.6. The molecule has 3 aromatic rings. The first-order valence-corrected chi connectivity index (χ1v) is 6.53. The van der Waals surface area contributed by atoms with Gasteiger partial charge in [-0.05, 0) is 36.5 Å². The highest BCUT2D eigenvalue weighted by Gasteiger charge is 2.08. The van der Waals surface area contributed by atoms with Crippen LogP contribution in [-0.2, 0) is 0 Å². The molecule has 2 aromatic heterocycles. The first kappa shape index (κ1) is 13.3. The Labute approximate surface area is 124 Å². The molecule has 0 saturated heterocycles. The number of hydrogen-bond donors (Lipinski definition) is 1. The highest BCUT2D eigenvalue weighted by atomic mass is 32.1. The van der Waals surface area contributed by atoms with Gasteiger partial charge < -0.3 is 0 Å². The molecule has 0 aliphatic rings. The molecule has 0 aliphatic carbocycles. The molecule has 0 unspecified atom stereocenters. The van der Waals surface area contributed by atoms with E-state index in [9.17, 15) is 4.39 Å². The Morgan fingerprint density at radius 1 is 1.24 bits per heavy atom. The van der Waals surface area contributed by atoms with Crippen molar-refractivity contribution in [2.45, 2.75) is 0 Å². The topological polar surface area (TPSA) is 58.9 Å². The molecule has 3 rings (SSSR count). The lowest BCUT2D eigenvalue weighted by Crippen LogP contribution is -1.96. The van der Waals surface area contributed by atoms with Crippen LogP contribution in [0.5, 0.6) is 0 Å². The SMILES string of the molecule is Fc1cccc(-c2n[nH]c(=S)n2/N=C\c2ccccn2)c1.